The van der Waals surface area contributed by atoms with Crippen molar-refractivity contribution in [2.24, 2.45) is 0 Å². The lowest BCUT2D eigenvalue weighted by Crippen LogP contribution is -2.10. The second kappa shape index (κ2) is 5.33. The van der Waals surface area contributed by atoms with Crippen molar-refractivity contribution in [3.63, 3.8) is 0 Å². The number of nitrogens with one attached hydrogen (secondary N) is 2. The number of benzene rings is 1. The zero-order valence-electron chi connectivity index (χ0n) is 9.13. The Labute approximate surface area is 108 Å². The summed E-state index contributed by atoms with van der Waals surface area (Å²) in [4.78, 5) is 14.2. The highest BCUT2D eigenvalue weighted by Crippen LogP contribution is 2.26. The molecule has 0 radical (unpaired) electrons. The van der Waals surface area contributed by atoms with Crippen LogP contribution in [0.3, 0.4) is 0 Å². The first-order valence-corrected chi connectivity index (χ1v) is 5.41. The smallest absolute Gasteiger partial charge is 0.271 e. The van der Waals surface area contributed by atoms with E-state index in [-0.39, 0.29) is 5.69 Å². The number of nitro groups is 1. The molecule has 1 heterocycles. The lowest BCUT2D eigenvalue weighted by Gasteiger charge is -2.09. The number of anilines is 2. The van der Waals surface area contributed by atoms with Crippen LogP contribution >= 0.6 is 11.6 Å². The molecule has 0 unspecified atom stereocenters. The van der Waals surface area contributed by atoms with Crippen LogP contribution in [0.4, 0.5) is 17.2 Å². The summed E-state index contributed by atoms with van der Waals surface area (Å²) in [5.74, 6) is 0.583. The summed E-state index contributed by atoms with van der Waals surface area (Å²) >= 11 is 5.92. The number of nitro benzene ring substituents is 1. The number of non-ortho nitro benzene ring substituents is 1. The molecule has 6 nitrogen and oxygen atoms in total. The highest BCUT2D eigenvalue weighted by atomic mass is 35.5. The van der Waals surface area contributed by atoms with Gasteiger partial charge in [0.1, 0.15) is 5.82 Å². The normalized spacial score (nSPS) is 9.83. The van der Waals surface area contributed by atoms with Gasteiger partial charge in [-0.1, -0.05) is 17.7 Å². The number of halogens is 1. The highest BCUT2D eigenvalue weighted by molar-refractivity contribution is 6.33. The van der Waals surface area contributed by atoms with Gasteiger partial charge in [-0.05, 0) is 18.2 Å². The van der Waals surface area contributed by atoms with Gasteiger partial charge in [-0.2, -0.15) is 0 Å². The fourth-order valence-corrected chi connectivity index (χ4v) is 1.46. The van der Waals surface area contributed by atoms with E-state index in [2.05, 4.69) is 15.8 Å². The molecule has 0 spiro atoms. The molecule has 2 aromatic rings. The first-order chi connectivity index (χ1) is 8.66. The number of hydrazine groups is 1. The van der Waals surface area contributed by atoms with Crippen LogP contribution in [0.1, 0.15) is 0 Å². The molecule has 0 atom stereocenters. The fraction of sp³-hybridized carbons (Fsp3) is 0. The van der Waals surface area contributed by atoms with Gasteiger partial charge in [0.15, 0.2) is 0 Å². The Morgan fingerprint density at radius 2 is 2.06 bits per heavy atom. The summed E-state index contributed by atoms with van der Waals surface area (Å²) in [6.45, 7) is 0. The average Bonchev–Trinajstić information content (AvgIpc) is 2.38. The largest absolute Gasteiger partial charge is 0.298 e. The summed E-state index contributed by atoms with van der Waals surface area (Å²) < 4.78 is 0. The van der Waals surface area contributed by atoms with E-state index in [0.29, 0.717) is 16.5 Å². The number of pyridine rings is 1. The summed E-state index contributed by atoms with van der Waals surface area (Å²) in [6.07, 6.45) is 1.62. The van der Waals surface area contributed by atoms with Crippen LogP contribution in [0.2, 0.25) is 5.02 Å². The van der Waals surface area contributed by atoms with Crippen molar-refractivity contribution in [3.8, 4) is 0 Å². The minimum Gasteiger partial charge on any atom is -0.298 e. The zero-order chi connectivity index (χ0) is 13.0. The van der Waals surface area contributed by atoms with Gasteiger partial charge < -0.3 is 0 Å². The average molecular weight is 265 g/mol. The monoisotopic (exact) mass is 264 g/mol. The maximum atomic E-state index is 10.6. The standard InChI is InChI=1S/C11H9ClN4O2/c12-9-5-4-8(16(17)18)7-10(9)14-15-11-3-1-2-6-13-11/h1-7,14H,(H,13,15). The number of rotatable bonds is 4. The molecule has 2 N–H and O–H groups in total. The van der Waals surface area contributed by atoms with Crippen molar-refractivity contribution in [1.29, 1.82) is 0 Å². The van der Waals surface area contributed by atoms with Gasteiger partial charge in [-0.15, -0.1) is 0 Å². The second-order valence-electron chi connectivity index (χ2n) is 3.39. The molecule has 0 aliphatic rings. The molecular weight excluding hydrogens is 256 g/mol. The molecule has 18 heavy (non-hydrogen) atoms. The van der Waals surface area contributed by atoms with Gasteiger partial charge in [-0.3, -0.25) is 21.0 Å². The van der Waals surface area contributed by atoms with E-state index in [4.69, 9.17) is 11.6 Å². The SMILES string of the molecule is O=[N+]([O-])c1ccc(Cl)c(NNc2ccccn2)c1. The van der Waals surface area contributed by atoms with Crippen LogP contribution in [0, 0.1) is 10.1 Å². The number of hydrogen-bond acceptors (Lipinski definition) is 5. The molecule has 0 saturated carbocycles. The first kappa shape index (κ1) is 12.1. The van der Waals surface area contributed by atoms with Gasteiger partial charge in [0.05, 0.1) is 15.6 Å². The van der Waals surface area contributed by atoms with Gasteiger partial charge in [-0.25, -0.2) is 4.98 Å². The second-order valence-corrected chi connectivity index (χ2v) is 3.79. The highest BCUT2D eigenvalue weighted by Gasteiger charge is 2.09. The lowest BCUT2D eigenvalue weighted by atomic mass is 10.3. The van der Waals surface area contributed by atoms with Crippen molar-refractivity contribution in [2.45, 2.75) is 0 Å². The molecule has 0 fully saturated rings. The van der Waals surface area contributed by atoms with Crippen molar-refractivity contribution < 1.29 is 4.92 Å². The molecule has 0 aliphatic carbocycles. The molecule has 0 saturated heterocycles. The molecular formula is C11H9ClN4O2. The Morgan fingerprint density at radius 3 is 2.72 bits per heavy atom. The minimum absolute atomic E-state index is 0.0373. The maximum absolute atomic E-state index is 10.6. The summed E-state index contributed by atoms with van der Waals surface area (Å²) in [5.41, 5.74) is 5.95. The Kier molecular flexibility index (Phi) is 3.59. The molecule has 0 aliphatic heterocycles. The summed E-state index contributed by atoms with van der Waals surface area (Å²) in [6, 6.07) is 9.49. The van der Waals surface area contributed by atoms with Crippen LogP contribution in [0.25, 0.3) is 0 Å². The Hall–Kier alpha value is -2.34. The van der Waals surface area contributed by atoms with Crippen molar-refractivity contribution >= 4 is 28.8 Å². The Bertz CT molecular complexity index is 562. The topological polar surface area (TPSA) is 80.1 Å². The van der Waals surface area contributed by atoms with Crippen LogP contribution in [-0.2, 0) is 0 Å². The maximum Gasteiger partial charge on any atom is 0.271 e. The van der Waals surface area contributed by atoms with E-state index >= 15 is 0 Å². The van der Waals surface area contributed by atoms with E-state index in [1.165, 1.54) is 18.2 Å². The van der Waals surface area contributed by atoms with Crippen molar-refractivity contribution in [3.05, 3.63) is 57.7 Å². The van der Waals surface area contributed by atoms with Crippen LogP contribution in [-0.4, -0.2) is 9.91 Å². The van der Waals surface area contributed by atoms with E-state index in [1.807, 2.05) is 6.07 Å². The number of nitrogens with zero attached hydrogens (tertiary/aromatic N) is 2. The quantitative estimate of drug-likeness (QED) is 0.655. The summed E-state index contributed by atoms with van der Waals surface area (Å²) in [5, 5.41) is 11.0. The number of hydrogen-bond donors (Lipinski definition) is 2. The minimum atomic E-state index is -0.484. The first-order valence-electron chi connectivity index (χ1n) is 5.04. The van der Waals surface area contributed by atoms with E-state index < -0.39 is 4.92 Å². The predicted molar refractivity (Wildman–Crippen MR) is 69.6 cm³/mol. The van der Waals surface area contributed by atoms with Gasteiger partial charge >= 0.3 is 0 Å². The van der Waals surface area contributed by atoms with Crippen molar-refractivity contribution in [2.75, 3.05) is 10.9 Å². The molecule has 2 rings (SSSR count). The van der Waals surface area contributed by atoms with E-state index in [1.54, 1.807) is 18.3 Å². The molecule has 0 bridgehead atoms. The zero-order valence-corrected chi connectivity index (χ0v) is 9.89. The van der Waals surface area contributed by atoms with Gasteiger partial charge in [0, 0.05) is 18.3 Å². The molecule has 0 amide bonds. The van der Waals surface area contributed by atoms with E-state index in [0.717, 1.165) is 0 Å². The molecule has 92 valence electrons. The third kappa shape index (κ3) is 2.86. The van der Waals surface area contributed by atoms with Crippen LogP contribution in [0.15, 0.2) is 42.6 Å². The Balaban J connectivity index is 2.14. The lowest BCUT2D eigenvalue weighted by molar-refractivity contribution is -0.384. The summed E-state index contributed by atoms with van der Waals surface area (Å²) in [7, 11) is 0. The van der Waals surface area contributed by atoms with Crippen LogP contribution < -0.4 is 10.9 Å². The van der Waals surface area contributed by atoms with Gasteiger partial charge in [0.2, 0.25) is 0 Å². The third-order valence-electron chi connectivity index (χ3n) is 2.15. The third-order valence-corrected chi connectivity index (χ3v) is 2.48. The Morgan fingerprint density at radius 1 is 1.22 bits per heavy atom. The molecule has 1 aromatic heterocycles. The van der Waals surface area contributed by atoms with Gasteiger partial charge in [0.25, 0.3) is 5.69 Å². The van der Waals surface area contributed by atoms with Crippen LogP contribution in [0.5, 0.6) is 0 Å². The predicted octanol–water partition coefficient (Wildman–Crippen LogP) is 3.08. The molecule has 1 aromatic carbocycles. The number of aromatic nitrogens is 1. The van der Waals surface area contributed by atoms with E-state index in [9.17, 15) is 10.1 Å². The van der Waals surface area contributed by atoms with Crippen molar-refractivity contribution in [1.82, 2.24) is 4.98 Å². The molecule has 7 heteroatoms. The fourth-order valence-electron chi connectivity index (χ4n) is 1.29.